The number of likely N-dealkylation sites (tertiary alicyclic amines) is 1. The molecule has 1 saturated heterocycles. The van der Waals surface area contributed by atoms with Crippen LogP contribution in [0.1, 0.15) is 177 Å². The van der Waals surface area contributed by atoms with Crippen LogP contribution in [0.5, 0.6) is 0 Å². The molecular formula is C65H72BrCl4N5O5. The molecule has 7 aliphatic carbocycles. The average Bonchev–Trinajstić information content (AvgIpc) is 4.38. The number of hydrogen-bond acceptors (Lipinski definition) is 9. The lowest BCUT2D eigenvalue weighted by Crippen LogP contribution is -2.31. The molecule has 80 heavy (non-hydrogen) atoms. The molecule has 11 atom stereocenters. The van der Waals surface area contributed by atoms with E-state index in [1.165, 1.54) is 74.5 Å². The highest BCUT2D eigenvalue weighted by atomic mass is 79.9. The monoisotopic (exact) mass is 1220 g/mol. The molecule has 3 N–H and O–H groups in total. The fourth-order valence-electron chi connectivity index (χ4n) is 16.7. The van der Waals surface area contributed by atoms with Gasteiger partial charge in [-0.15, -0.1) is 0 Å². The Morgan fingerprint density at radius 2 is 0.775 bits per heavy atom. The van der Waals surface area contributed by atoms with Gasteiger partial charge in [-0.1, -0.05) is 107 Å². The first kappa shape index (κ1) is 56.7. The number of fused-ring (bicyclic) bond motifs is 8. The van der Waals surface area contributed by atoms with Gasteiger partial charge in [0, 0.05) is 82.3 Å². The van der Waals surface area contributed by atoms with Crippen molar-refractivity contribution in [2.24, 2.45) is 67.3 Å². The minimum Gasteiger partial charge on any atom is -0.385 e. The molecule has 4 aromatic carbocycles. The fourth-order valence-corrected chi connectivity index (χ4v) is 18.4. The summed E-state index contributed by atoms with van der Waals surface area (Å²) in [5, 5.41) is 36.4. The Hall–Kier alpha value is -3.78. The maximum atomic E-state index is 11.5. The molecule has 10 nitrogen and oxygen atoms in total. The molecule has 15 heteroatoms. The Morgan fingerprint density at radius 1 is 0.475 bits per heavy atom. The first-order valence-corrected chi connectivity index (χ1v) is 31.6. The highest BCUT2D eigenvalue weighted by Crippen LogP contribution is 2.56. The number of aliphatic hydroxyl groups is 3. The second kappa shape index (κ2) is 23.0. The fraction of sp³-hybridized carbons (Fsp3) is 0.538. The number of ketones is 1. The summed E-state index contributed by atoms with van der Waals surface area (Å²) in [4.78, 5) is 41.4. The number of Topliss-reactive ketones (excluding diaryl/α,β-unsaturated/α-hetero) is 1. The number of aliphatic imine (C=N–C) groups is 4. The average molecular weight is 1230 g/mol. The molecule has 0 radical (unpaired) electrons. The summed E-state index contributed by atoms with van der Waals surface area (Å²) in [6.07, 6.45) is 26.1. The summed E-state index contributed by atoms with van der Waals surface area (Å²) in [6, 6.07) is 15.5. The van der Waals surface area contributed by atoms with Gasteiger partial charge in [0.2, 0.25) is 5.91 Å². The molecule has 422 valence electrons. The maximum absolute atomic E-state index is 11.5. The van der Waals surface area contributed by atoms with Crippen molar-refractivity contribution in [2.45, 2.75) is 159 Å². The van der Waals surface area contributed by atoms with E-state index in [1.54, 1.807) is 6.92 Å². The summed E-state index contributed by atoms with van der Waals surface area (Å²) >= 11 is 27.9. The van der Waals surface area contributed by atoms with Crippen LogP contribution in [0.2, 0.25) is 20.1 Å². The zero-order chi connectivity index (χ0) is 55.7. The Balaban J connectivity index is 0.000000103. The lowest BCUT2D eigenvalue weighted by atomic mass is 9.85. The van der Waals surface area contributed by atoms with Crippen LogP contribution in [0.3, 0.4) is 0 Å². The molecule has 0 spiro atoms. The van der Waals surface area contributed by atoms with Gasteiger partial charge in [0.1, 0.15) is 5.78 Å². The van der Waals surface area contributed by atoms with Crippen molar-refractivity contribution >= 4 is 98.9 Å². The Kier molecular flexibility index (Phi) is 16.3. The molecule has 1 amide bonds. The predicted molar refractivity (Wildman–Crippen MR) is 324 cm³/mol. The van der Waals surface area contributed by atoms with Crippen LogP contribution in [0.4, 0.5) is 0 Å². The minimum atomic E-state index is -0.832. The van der Waals surface area contributed by atoms with E-state index in [0.29, 0.717) is 88.8 Å². The summed E-state index contributed by atoms with van der Waals surface area (Å²) in [5.41, 5.74) is 9.91. The molecule has 5 heterocycles. The normalized spacial score (nSPS) is 32.4. The van der Waals surface area contributed by atoms with Gasteiger partial charge in [-0.05, 0) is 208 Å². The Bertz CT molecular complexity index is 3080. The molecule has 16 rings (SSSR count). The number of nitrogens with zero attached hydrogens (tertiary/aromatic N) is 5. The number of halogens is 5. The largest absolute Gasteiger partial charge is 0.385 e. The van der Waals surface area contributed by atoms with E-state index < -0.39 is 16.8 Å². The molecular weight excluding hydrogens is 1150 g/mol. The summed E-state index contributed by atoms with van der Waals surface area (Å²) < 4.78 is 1.05. The Morgan fingerprint density at radius 3 is 1.12 bits per heavy atom. The third-order valence-corrected chi connectivity index (χ3v) is 22.0. The van der Waals surface area contributed by atoms with E-state index in [0.717, 1.165) is 124 Å². The van der Waals surface area contributed by atoms with E-state index in [2.05, 4.69) is 35.9 Å². The van der Waals surface area contributed by atoms with Gasteiger partial charge in [-0.3, -0.25) is 29.6 Å². The SMILES string of the molecule is CC(=O)N1C[C@@H]2CC(O)(c3cc(Cl)cc4c3CN=C4)C[C@@H]2C1.Clc1cc(Br)c2c(c1)C=NC2.O=C1C[C@H]2CCC[C@H]2C1.OC1(c2cc(Cl)cc3c2CN=C3)C[C@H]2CCC[C@H]2C1.OC1(c2cc(Cl)cc3c2CN=C3)C[C@H]2CCC[C@H]2C1. The van der Waals surface area contributed by atoms with Crippen LogP contribution in [0.25, 0.3) is 0 Å². The van der Waals surface area contributed by atoms with E-state index >= 15 is 0 Å². The lowest BCUT2D eigenvalue weighted by molar-refractivity contribution is -0.128. The van der Waals surface area contributed by atoms with Gasteiger partial charge in [0.15, 0.2) is 0 Å². The number of carbonyl (C=O) groups is 2. The summed E-state index contributed by atoms with van der Waals surface area (Å²) in [5.74, 6) is 5.86. The summed E-state index contributed by atoms with van der Waals surface area (Å²) in [6.45, 7) is 5.93. The molecule has 0 bridgehead atoms. The van der Waals surface area contributed by atoms with Gasteiger partial charge < -0.3 is 20.2 Å². The van der Waals surface area contributed by atoms with Gasteiger partial charge >= 0.3 is 0 Å². The highest BCUT2D eigenvalue weighted by Gasteiger charge is 2.52. The lowest BCUT2D eigenvalue weighted by Gasteiger charge is -2.28. The zero-order valence-electron chi connectivity index (χ0n) is 45.6. The number of benzene rings is 4. The van der Waals surface area contributed by atoms with Crippen molar-refractivity contribution < 1.29 is 24.9 Å². The second-order valence-corrected chi connectivity index (χ2v) is 28.1. The highest BCUT2D eigenvalue weighted by molar-refractivity contribution is 9.10. The van der Waals surface area contributed by atoms with Crippen LogP contribution < -0.4 is 0 Å². The third-order valence-electron chi connectivity index (χ3n) is 20.4. The van der Waals surface area contributed by atoms with Crippen molar-refractivity contribution in [3.63, 3.8) is 0 Å². The van der Waals surface area contributed by atoms with Crippen LogP contribution >= 0.6 is 62.3 Å². The number of hydrogen-bond donors (Lipinski definition) is 3. The van der Waals surface area contributed by atoms with Gasteiger partial charge in [-0.2, -0.15) is 0 Å². The predicted octanol–water partition coefficient (Wildman–Crippen LogP) is 14.5. The van der Waals surface area contributed by atoms with Crippen LogP contribution in [0.15, 0.2) is 73.0 Å². The third kappa shape index (κ3) is 11.5. The van der Waals surface area contributed by atoms with E-state index in [9.17, 15) is 24.9 Å². The zero-order valence-corrected chi connectivity index (χ0v) is 50.2. The smallest absolute Gasteiger partial charge is 0.219 e. The van der Waals surface area contributed by atoms with E-state index in [1.807, 2.05) is 78.3 Å². The molecule has 7 saturated carbocycles. The van der Waals surface area contributed by atoms with Crippen LogP contribution in [-0.4, -0.2) is 69.9 Å². The standard InChI is InChI=1S/C17H19ClN2O2.2C16H18ClNO.C8H5BrClN.C8H12O/c1-10(21)20-8-12-4-17(22,5-13(12)9-20)16-3-14(18)2-11-6-19-7-15(11)16;2*17-13-4-12-8-18-9-14(12)15(5-13)16(19)6-10-2-1-3-11(10)7-16;9-8-2-6(10)1-5-3-11-4-7(5)8;9-8-4-6-2-1-3-7(6)5-8/h2-3,6,12-13,22H,4-5,7-9H2,1H3;2*4-5,8,10-11,19H,1-3,6-7,9H2;1-3H,4H2;6-7H,1-5H2/t12-,13+,17?;2*10-,11+,16?;;6-,7+. The van der Waals surface area contributed by atoms with Crippen molar-refractivity contribution in [1.82, 2.24) is 4.90 Å². The van der Waals surface area contributed by atoms with Gasteiger partial charge in [0.05, 0.1) is 43.0 Å². The molecule has 8 fully saturated rings. The number of amides is 1. The maximum Gasteiger partial charge on any atom is 0.219 e. The van der Waals surface area contributed by atoms with Crippen molar-refractivity contribution in [3.05, 3.63) is 134 Å². The number of carbonyl (C=O) groups excluding carboxylic acids is 2. The topological polar surface area (TPSA) is 148 Å². The molecule has 5 aliphatic heterocycles. The van der Waals surface area contributed by atoms with Crippen LogP contribution in [-0.2, 0) is 52.6 Å². The van der Waals surface area contributed by atoms with Crippen molar-refractivity contribution in [1.29, 1.82) is 0 Å². The number of rotatable bonds is 3. The molecule has 3 unspecified atom stereocenters. The van der Waals surface area contributed by atoms with Crippen molar-refractivity contribution in [2.75, 3.05) is 13.1 Å². The van der Waals surface area contributed by atoms with Crippen molar-refractivity contribution in [3.8, 4) is 0 Å². The first-order chi connectivity index (χ1) is 38.4. The first-order valence-electron chi connectivity index (χ1n) is 29.3. The Labute approximate surface area is 499 Å². The van der Waals surface area contributed by atoms with E-state index in [-0.39, 0.29) is 5.91 Å². The quantitative estimate of drug-likeness (QED) is 0.187. The molecule has 4 aromatic rings. The summed E-state index contributed by atoms with van der Waals surface area (Å²) in [7, 11) is 0. The minimum absolute atomic E-state index is 0.134. The second-order valence-electron chi connectivity index (χ2n) is 25.5. The van der Waals surface area contributed by atoms with Crippen LogP contribution in [0, 0.1) is 47.3 Å². The van der Waals surface area contributed by atoms with Gasteiger partial charge in [0.25, 0.3) is 0 Å². The molecule has 0 aromatic heterocycles. The van der Waals surface area contributed by atoms with Gasteiger partial charge in [-0.25, -0.2) is 0 Å². The molecule has 12 aliphatic rings. The van der Waals surface area contributed by atoms with E-state index in [4.69, 9.17) is 46.4 Å².